The van der Waals surface area contributed by atoms with E-state index in [0.717, 1.165) is 29.9 Å². The fraction of sp³-hybridized carbons (Fsp3) is 0.312. The molecule has 0 radical (unpaired) electrons. The summed E-state index contributed by atoms with van der Waals surface area (Å²) in [5.41, 5.74) is 1.01. The van der Waals surface area contributed by atoms with Crippen molar-refractivity contribution in [1.82, 2.24) is 24.4 Å². The summed E-state index contributed by atoms with van der Waals surface area (Å²) in [5.74, 6) is 1.06. The number of carbonyl (C=O) groups excluding carboxylic acids is 1. The summed E-state index contributed by atoms with van der Waals surface area (Å²) in [6.07, 6.45) is 4.86. The van der Waals surface area contributed by atoms with Gasteiger partial charge in [0.15, 0.2) is 11.5 Å². The van der Waals surface area contributed by atoms with Crippen molar-refractivity contribution < 1.29 is 9.32 Å². The summed E-state index contributed by atoms with van der Waals surface area (Å²) in [4.78, 5) is 22.8. The maximum Gasteiger partial charge on any atom is 0.275 e. The van der Waals surface area contributed by atoms with Crippen LogP contribution in [0.25, 0.3) is 11.5 Å². The number of aromatic nitrogens is 4. The Morgan fingerprint density at radius 1 is 1.31 bits per heavy atom. The zero-order chi connectivity index (χ0) is 18.1. The molecule has 1 saturated heterocycles. The van der Waals surface area contributed by atoms with Crippen LogP contribution in [0.4, 0.5) is 0 Å². The molecule has 0 aromatic carbocycles. The molecule has 0 spiro atoms. The van der Waals surface area contributed by atoms with E-state index >= 15 is 0 Å². The lowest BCUT2D eigenvalue weighted by atomic mass is 9.96. The quantitative estimate of drug-likeness (QED) is 0.651. The van der Waals surface area contributed by atoms with Crippen LogP contribution < -0.4 is 0 Å². The topological polar surface area (TPSA) is 85.0 Å². The molecule has 1 aliphatic rings. The SMILES string of the molecule is O=C(c1nsc(Cl)c1Cl)N1CCC(c2noc(-c3cccnc3)n2)CC1. The first-order chi connectivity index (χ1) is 12.6. The van der Waals surface area contributed by atoms with Crippen molar-refractivity contribution in [2.45, 2.75) is 18.8 Å². The van der Waals surface area contributed by atoms with Gasteiger partial charge in [-0.05, 0) is 36.5 Å². The van der Waals surface area contributed by atoms with Crippen molar-refractivity contribution in [3.8, 4) is 11.5 Å². The third-order valence-corrected chi connectivity index (χ3v) is 5.91. The van der Waals surface area contributed by atoms with Gasteiger partial charge in [0.25, 0.3) is 11.8 Å². The van der Waals surface area contributed by atoms with Crippen LogP contribution in [0.1, 0.15) is 35.1 Å². The highest BCUT2D eigenvalue weighted by atomic mass is 35.5. The van der Waals surface area contributed by atoms with Gasteiger partial charge in [-0.3, -0.25) is 9.78 Å². The number of pyridine rings is 1. The van der Waals surface area contributed by atoms with Gasteiger partial charge in [-0.1, -0.05) is 28.4 Å². The Hall–Kier alpha value is -2.03. The number of piperidine rings is 1. The molecule has 0 unspecified atom stereocenters. The molecule has 10 heteroatoms. The van der Waals surface area contributed by atoms with Gasteiger partial charge in [-0.25, -0.2) is 0 Å². The molecule has 1 fully saturated rings. The lowest BCUT2D eigenvalue weighted by Crippen LogP contribution is -2.38. The molecule has 3 aromatic heterocycles. The smallest absolute Gasteiger partial charge is 0.275 e. The first kappa shape index (κ1) is 17.4. The average molecular weight is 410 g/mol. The number of hydrogen-bond acceptors (Lipinski definition) is 7. The molecule has 134 valence electrons. The molecule has 0 saturated carbocycles. The second-order valence-corrected chi connectivity index (χ2v) is 7.64. The maximum absolute atomic E-state index is 12.5. The fourth-order valence-electron chi connectivity index (χ4n) is 2.89. The summed E-state index contributed by atoms with van der Waals surface area (Å²) in [7, 11) is 0. The lowest BCUT2D eigenvalue weighted by molar-refractivity contribution is 0.0706. The summed E-state index contributed by atoms with van der Waals surface area (Å²) < 4.78 is 9.72. The molecular weight excluding hydrogens is 397 g/mol. The Morgan fingerprint density at radius 3 is 2.77 bits per heavy atom. The van der Waals surface area contributed by atoms with Crippen LogP contribution >= 0.6 is 34.7 Å². The van der Waals surface area contributed by atoms with E-state index in [4.69, 9.17) is 27.7 Å². The zero-order valence-corrected chi connectivity index (χ0v) is 15.8. The van der Waals surface area contributed by atoms with Gasteiger partial charge in [0.2, 0.25) is 0 Å². The third-order valence-electron chi connectivity index (χ3n) is 4.30. The Kier molecular flexibility index (Phi) is 4.88. The normalized spacial score (nSPS) is 15.4. The molecule has 0 N–H and O–H groups in total. The number of rotatable bonds is 3. The van der Waals surface area contributed by atoms with Crippen molar-refractivity contribution in [1.29, 1.82) is 0 Å². The van der Waals surface area contributed by atoms with E-state index < -0.39 is 0 Å². The number of nitrogens with zero attached hydrogens (tertiary/aromatic N) is 5. The molecule has 4 heterocycles. The van der Waals surface area contributed by atoms with Crippen molar-refractivity contribution >= 4 is 40.6 Å². The van der Waals surface area contributed by atoms with E-state index in [1.807, 2.05) is 12.1 Å². The van der Waals surface area contributed by atoms with Crippen LogP contribution in [0.5, 0.6) is 0 Å². The summed E-state index contributed by atoms with van der Waals surface area (Å²) in [6, 6.07) is 3.69. The van der Waals surface area contributed by atoms with E-state index in [-0.39, 0.29) is 22.5 Å². The molecule has 3 aromatic rings. The number of halogens is 2. The van der Waals surface area contributed by atoms with E-state index in [1.165, 1.54) is 0 Å². The second kappa shape index (κ2) is 7.30. The van der Waals surface area contributed by atoms with Crippen LogP contribution in [0.3, 0.4) is 0 Å². The summed E-state index contributed by atoms with van der Waals surface area (Å²) >= 11 is 12.9. The van der Waals surface area contributed by atoms with Gasteiger partial charge in [-0.2, -0.15) is 9.36 Å². The van der Waals surface area contributed by atoms with Gasteiger partial charge < -0.3 is 9.42 Å². The molecule has 4 rings (SSSR count). The van der Waals surface area contributed by atoms with Crippen molar-refractivity contribution in [2.75, 3.05) is 13.1 Å². The molecule has 0 aliphatic carbocycles. The van der Waals surface area contributed by atoms with Crippen molar-refractivity contribution in [3.63, 3.8) is 0 Å². The lowest BCUT2D eigenvalue weighted by Gasteiger charge is -2.30. The predicted octanol–water partition coefficient (Wildman–Crippen LogP) is 3.91. The number of amides is 1. The monoisotopic (exact) mass is 409 g/mol. The minimum absolute atomic E-state index is 0.141. The summed E-state index contributed by atoms with van der Waals surface area (Å²) in [6.45, 7) is 1.15. The fourth-order valence-corrected chi connectivity index (χ4v) is 3.88. The van der Waals surface area contributed by atoms with Crippen LogP contribution in [0, 0.1) is 0 Å². The van der Waals surface area contributed by atoms with Crippen molar-refractivity contribution in [3.05, 3.63) is 45.4 Å². The second-order valence-electron chi connectivity index (χ2n) is 5.88. The number of hydrogen-bond donors (Lipinski definition) is 0. The largest absolute Gasteiger partial charge is 0.337 e. The van der Waals surface area contributed by atoms with Crippen LogP contribution in [0.2, 0.25) is 9.36 Å². The first-order valence-corrected chi connectivity index (χ1v) is 9.50. The summed E-state index contributed by atoms with van der Waals surface area (Å²) in [5, 5.41) is 4.32. The minimum atomic E-state index is -0.194. The first-order valence-electron chi connectivity index (χ1n) is 7.97. The number of carbonyl (C=O) groups is 1. The molecular formula is C16H13Cl2N5O2S. The van der Waals surface area contributed by atoms with E-state index in [0.29, 0.717) is 29.1 Å². The van der Waals surface area contributed by atoms with E-state index in [9.17, 15) is 4.79 Å². The highest BCUT2D eigenvalue weighted by Crippen LogP contribution is 2.32. The molecule has 1 amide bonds. The molecule has 0 bridgehead atoms. The van der Waals surface area contributed by atoms with Gasteiger partial charge in [-0.15, -0.1) is 0 Å². The Balaban J connectivity index is 1.42. The van der Waals surface area contributed by atoms with Gasteiger partial charge in [0, 0.05) is 31.4 Å². The van der Waals surface area contributed by atoms with Gasteiger partial charge >= 0.3 is 0 Å². The van der Waals surface area contributed by atoms with Crippen molar-refractivity contribution in [2.24, 2.45) is 0 Å². The highest BCUT2D eigenvalue weighted by molar-refractivity contribution is 7.11. The Labute approximate surface area is 163 Å². The third kappa shape index (κ3) is 3.32. The van der Waals surface area contributed by atoms with Gasteiger partial charge in [0.05, 0.1) is 5.56 Å². The Morgan fingerprint density at radius 2 is 2.12 bits per heavy atom. The molecule has 7 nitrogen and oxygen atoms in total. The predicted molar refractivity (Wildman–Crippen MR) is 97.5 cm³/mol. The highest BCUT2D eigenvalue weighted by Gasteiger charge is 2.30. The van der Waals surface area contributed by atoms with Crippen LogP contribution in [-0.2, 0) is 0 Å². The van der Waals surface area contributed by atoms with E-state index in [2.05, 4.69) is 19.5 Å². The minimum Gasteiger partial charge on any atom is -0.337 e. The molecule has 26 heavy (non-hydrogen) atoms. The molecule has 1 aliphatic heterocycles. The number of likely N-dealkylation sites (tertiary alicyclic amines) is 1. The van der Waals surface area contributed by atoms with Gasteiger partial charge in [0.1, 0.15) is 9.36 Å². The van der Waals surface area contributed by atoms with E-state index in [1.54, 1.807) is 17.3 Å². The molecule has 0 atom stereocenters. The standard InChI is InChI=1S/C16H13Cl2N5O2S/c17-11-12(22-26-13(11)18)16(24)23-6-3-9(4-7-23)14-20-15(25-21-14)10-2-1-5-19-8-10/h1-2,5,8-9H,3-4,6-7H2. The average Bonchev–Trinajstić information content (AvgIpc) is 3.30. The zero-order valence-electron chi connectivity index (χ0n) is 13.4. The van der Waals surface area contributed by atoms with Crippen LogP contribution in [0.15, 0.2) is 29.0 Å². The maximum atomic E-state index is 12.5. The van der Waals surface area contributed by atoms with Crippen LogP contribution in [-0.4, -0.2) is 43.4 Å². The Bertz CT molecular complexity index is 922.